The Morgan fingerprint density at radius 1 is 1.04 bits per heavy atom. The van der Waals surface area contributed by atoms with Crippen molar-refractivity contribution in [3.63, 3.8) is 0 Å². The lowest BCUT2D eigenvalue weighted by atomic mass is 9.84. The monoisotopic (exact) mass is 624 g/mol. The highest BCUT2D eigenvalue weighted by Gasteiger charge is 2.43. The molecule has 46 heavy (non-hydrogen) atoms. The molecule has 3 aliphatic rings. The number of aliphatic hydroxyl groups excluding tert-OH is 1. The number of carbonyl (C=O) groups is 1. The van der Waals surface area contributed by atoms with E-state index in [1.807, 2.05) is 37.3 Å². The normalized spacial score (nSPS) is 21.3. The first kappa shape index (κ1) is 32.5. The van der Waals surface area contributed by atoms with Crippen molar-refractivity contribution in [1.82, 2.24) is 15.6 Å². The number of benzene rings is 2. The summed E-state index contributed by atoms with van der Waals surface area (Å²) in [5.74, 6) is 1.63. The van der Waals surface area contributed by atoms with Crippen LogP contribution >= 0.6 is 0 Å². The number of aliphatic hydroxyl groups is 1. The van der Waals surface area contributed by atoms with E-state index in [1.165, 1.54) is 30.4 Å². The van der Waals surface area contributed by atoms with Crippen LogP contribution in [0.25, 0.3) is 0 Å². The third kappa shape index (κ3) is 7.58. The Hall–Kier alpha value is -3.42. The van der Waals surface area contributed by atoms with E-state index in [9.17, 15) is 9.90 Å². The van der Waals surface area contributed by atoms with Gasteiger partial charge in [0, 0.05) is 48.9 Å². The van der Waals surface area contributed by atoms with E-state index in [0.29, 0.717) is 18.5 Å². The second kappa shape index (κ2) is 13.7. The fraction of sp³-hybridized carbons (Fsp3) is 0.538. The van der Waals surface area contributed by atoms with Crippen molar-refractivity contribution in [3.8, 4) is 5.75 Å². The molecule has 3 aromatic rings. The first-order chi connectivity index (χ1) is 22.1. The number of aryl methyl sites for hydroxylation is 2. The molecule has 7 nitrogen and oxygen atoms in total. The predicted octanol–water partition coefficient (Wildman–Crippen LogP) is 6.71. The maximum atomic E-state index is 13.9. The smallest absolute Gasteiger partial charge is 0.251 e. The van der Waals surface area contributed by atoms with Gasteiger partial charge >= 0.3 is 0 Å². The van der Waals surface area contributed by atoms with Crippen LogP contribution in [-0.2, 0) is 12.8 Å². The van der Waals surface area contributed by atoms with Gasteiger partial charge in [-0.25, -0.2) is 4.98 Å². The number of piperidine rings is 1. The Morgan fingerprint density at radius 3 is 2.57 bits per heavy atom. The van der Waals surface area contributed by atoms with Gasteiger partial charge < -0.3 is 25.4 Å². The Bertz CT molecular complexity index is 1500. The zero-order valence-corrected chi connectivity index (χ0v) is 28.1. The van der Waals surface area contributed by atoms with Gasteiger partial charge in [-0.3, -0.25) is 4.79 Å². The van der Waals surface area contributed by atoms with E-state index in [-0.39, 0.29) is 23.0 Å². The van der Waals surface area contributed by atoms with Crippen LogP contribution in [0.15, 0.2) is 60.7 Å². The van der Waals surface area contributed by atoms with Crippen LogP contribution in [0.3, 0.4) is 0 Å². The van der Waals surface area contributed by atoms with Gasteiger partial charge in [0.2, 0.25) is 0 Å². The third-order valence-corrected chi connectivity index (χ3v) is 10.4. The fourth-order valence-electron chi connectivity index (χ4n) is 7.82. The van der Waals surface area contributed by atoms with Crippen molar-refractivity contribution in [2.45, 2.75) is 109 Å². The van der Waals surface area contributed by atoms with E-state index in [2.05, 4.69) is 66.6 Å². The molecule has 3 heterocycles. The molecule has 1 aliphatic carbocycles. The lowest BCUT2D eigenvalue weighted by Gasteiger charge is -2.41. The number of aromatic nitrogens is 1. The Balaban J connectivity index is 1.20. The van der Waals surface area contributed by atoms with Crippen molar-refractivity contribution < 1.29 is 14.6 Å². The Kier molecular flexibility index (Phi) is 9.72. The number of ether oxygens (including phenoxy) is 1. The topological polar surface area (TPSA) is 86.7 Å². The number of pyridine rings is 1. The molecule has 6 rings (SSSR count). The molecule has 0 bridgehead atoms. The van der Waals surface area contributed by atoms with E-state index in [0.717, 1.165) is 68.0 Å². The molecule has 1 saturated carbocycles. The molecule has 246 valence electrons. The highest BCUT2D eigenvalue weighted by atomic mass is 16.5. The van der Waals surface area contributed by atoms with Crippen LogP contribution in [0.5, 0.6) is 5.75 Å². The molecular weight excluding hydrogens is 572 g/mol. The van der Waals surface area contributed by atoms with Crippen molar-refractivity contribution in [1.29, 1.82) is 0 Å². The maximum absolute atomic E-state index is 13.9. The minimum Gasteiger partial charge on any atom is -0.487 e. The highest BCUT2D eigenvalue weighted by molar-refractivity contribution is 5.95. The summed E-state index contributed by atoms with van der Waals surface area (Å²) in [6.07, 6.45) is 8.40. The maximum Gasteiger partial charge on any atom is 0.251 e. The van der Waals surface area contributed by atoms with Crippen LogP contribution < -0.4 is 20.3 Å². The predicted molar refractivity (Wildman–Crippen MR) is 185 cm³/mol. The largest absolute Gasteiger partial charge is 0.487 e. The van der Waals surface area contributed by atoms with Gasteiger partial charge in [0.15, 0.2) is 0 Å². The van der Waals surface area contributed by atoms with Crippen molar-refractivity contribution in [2.75, 3.05) is 24.5 Å². The first-order valence-corrected chi connectivity index (χ1v) is 17.4. The summed E-state index contributed by atoms with van der Waals surface area (Å²) in [5.41, 5.74) is 5.00. The number of nitrogens with zero attached hydrogens (tertiary/aromatic N) is 2. The number of nitrogens with one attached hydrogen (secondary N) is 2. The van der Waals surface area contributed by atoms with Gasteiger partial charge in [-0.1, -0.05) is 63.2 Å². The van der Waals surface area contributed by atoms with Crippen LogP contribution in [0, 0.1) is 12.3 Å². The lowest BCUT2D eigenvalue weighted by Crippen LogP contribution is -2.50. The molecule has 2 aromatic carbocycles. The van der Waals surface area contributed by atoms with Gasteiger partial charge in [0.1, 0.15) is 17.2 Å². The second-order valence-corrected chi connectivity index (χ2v) is 14.8. The second-order valence-electron chi connectivity index (χ2n) is 14.8. The quantitative estimate of drug-likeness (QED) is 0.233. The number of amides is 1. The van der Waals surface area contributed by atoms with Gasteiger partial charge in [0.05, 0.1) is 12.1 Å². The van der Waals surface area contributed by atoms with Gasteiger partial charge in [0.25, 0.3) is 5.91 Å². The summed E-state index contributed by atoms with van der Waals surface area (Å²) in [7, 11) is 0. The molecule has 1 saturated heterocycles. The zero-order chi connectivity index (χ0) is 32.3. The van der Waals surface area contributed by atoms with E-state index in [4.69, 9.17) is 9.72 Å². The Labute approximate surface area is 275 Å². The Morgan fingerprint density at radius 2 is 1.83 bits per heavy atom. The number of hydrogen-bond acceptors (Lipinski definition) is 6. The third-order valence-electron chi connectivity index (χ3n) is 10.4. The minimum absolute atomic E-state index is 0.0790. The molecule has 2 aliphatic heterocycles. The SMILES string of the molecule is CCc1ccc2c(c1)[C@@H](NC[C@H](O)[C@H](Cc1ccccc1)NC(=O)c1cc(C)nc(N3CCCC(C)(C)C3)c1)CC1(CCCC1)O2. The minimum atomic E-state index is -0.797. The zero-order valence-electron chi connectivity index (χ0n) is 28.1. The fourth-order valence-corrected chi connectivity index (χ4v) is 7.82. The average Bonchev–Trinajstić information content (AvgIpc) is 3.49. The molecule has 1 amide bonds. The summed E-state index contributed by atoms with van der Waals surface area (Å²) < 4.78 is 6.65. The lowest BCUT2D eigenvalue weighted by molar-refractivity contribution is 0.0326. The molecule has 3 N–H and O–H groups in total. The van der Waals surface area contributed by atoms with Crippen molar-refractivity contribution in [3.05, 3.63) is 88.6 Å². The highest BCUT2D eigenvalue weighted by Crippen LogP contribution is 2.47. The first-order valence-electron chi connectivity index (χ1n) is 17.4. The van der Waals surface area contributed by atoms with E-state index >= 15 is 0 Å². The molecule has 0 unspecified atom stereocenters. The average molecular weight is 625 g/mol. The molecule has 1 spiro atoms. The standard InChI is InChI=1S/C39H52N4O3/c1-5-28-14-15-35-31(21-28)33(24-39(46-35)17-9-10-18-39)40-25-34(44)32(22-29-12-7-6-8-13-29)42-37(45)30-20-27(2)41-36(23-30)43-19-11-16-38(3,4)26-43/h6-8,12-15,20-21,23,32-34,40,44H,5,9-11,16-19,22,24-26H2,1-4H3,(H,42,45)/t32-,33-,34-/m0/s1. The number of anilines is 1. The van der Waals surface area contributed by atoms with Gasteiger partial charge in [-0.15, -0.1) is 0 Å². The summed E-state index contributed by atoms with van der Waals surface area (Å²) in [5, 5.41) is 18.7. The van der Waals surface area contributed by atoms with E-state index < -0.39 is 12.1 Å². The summed E-state index contributed by atoms with van der Waals surface area (Å²) in [6, 6.07) is 20.0. The van der Waals surface area contributed by atoms with Gasteiger partial charge in [-0.2, -0.15) is 0 Å². The molecular formula is C39H52N4O3. The summed E-state index contributed by atoms with van der Waals surface area (Å²) >= 11 is 0. The van der Waals surface area contributed by atoms with Gasteiger partial charge in [-0.05, 0) is 93.0 Å². The van der Waals surface area contributed by atoms with Crippen LogP contribution in [0.1, 0.15) is 105 Å². The number of carbonyl (C=O) groups excluding carboxylic acids is 1. The van der Waals surface area contributed by atoms with Crippen LogP contribution in [0.4, 0.5) is 5.82 Å². The summed E-state index contributed by atoms with van der Waals surface area (Å²) in [6.45, 7) is 10.9. The van der Waals surface area contributed by atoms with Crippen LogP contribution in [-0.4, -0.2) is 53.4 Å². The molecule has 3 atom stereocenters. The number of fused-ring (bicyclic) bond motifs is 1. The number of rotatable bonds is 10. The number of hydrogen-bond donors (Lipinski definition) is 3. The van der Waals surface area contributed by atoms with E-state index in [1.54, 1.807) is 0 Å². The molecule has 2 fully saturated rings. The van der Waals surface area contributed by atoms with Crippen molar-refractivity contribution in [2.24, 2.45) is 5.41 Å². The molecule has 1 aromatic heterocycles. The summed E-state index contributed by atoms with van der Waals surface area (Å²) in [4.78, 5) is 21.0. The molecule has 7 heteroatoms. The van der Waals surface area contributed by atoms with Crippen molar-refractivity contribution >= 4 is 11.7 Å². The molecule has 0 radical (unpaired) electrons. The van der Waals surface area contributed by atoms with Crippen LogP contribution in [0.2, 0.25) is 0 Å².